The Hall–Kier alpha value is -4.32. The molecule has 3 aliphatic carbocycles. The van der Waals surface area contributed by atoms with E-state index < -0.39 is 20.3 Å². The van der Waals surface area contributed by atoms with Gasteiger partial charge in [0.25, 0.3) is 0 Å². The Bertz CT molecular complexity index is 2100. The van der Waals surface area contributed by atoms with E-state index in [1.54, 1.807) is 12.1 Å². The maximum absolute atomic E-state index is 3.51. The van der Waals surface area contributed by atoms with E-state index in [4.69, 9.17) is 0 Å². The van der Waals surface area contributed by atoms with Gasteiger partial charge in [0, 0.05) is 0 Å². The normalized spacial score (nSPS) is 18.8. The molecule has 0 aromatic heterocycles. The Kier molecular flexibility index (Phi) is 6.40. The van der Waals surface area contributed by atoms with Crippen molar-refractivity contribution in [3.05, 3.63) is 202 Å². The van der Waals surface area contributed by atoms with E-state index in [0.717, 1.165) is 0 Å². The zero-order valence-corrected chi connectivity index (χ0v) is 27.9. The molecular formula is C44H34Zr. The van der Waals surface area contributed by atoms with Crippen LogP contribution in [0.15, 0.2) is 158 Å². The standard InChI is InChI=1S/C31H21.2C6H5.CH3.Zr/c1-4-10-23-20(7-1)13-15-26(23)29-18-17-27-25-12-6-3-9-22(25)19-30(27)31(29)28-16-14-21-8-2-5-11-24(21)28;2*1-2-4-6-5-3-1;;/h1-19,26,28H;2*1-5H;1H3;. The van der Waals surface area contributed by atoms with Crippen molar-refractivity contribution >= 4 is 18.7 Å². The number of rotatable bonds is 5. The van der Waals surface area contributed by atoms with Gasteiger partial charge in [-0.25, -0.2) is 0 Å². The van der Waals surface area contributed by atoms with Crippen LogP contribution >= 0.6 is 0 Å². The summed E-state index contributed by atoms with van der Waals surface area (Å²) < 4.78 is 6.13. The Labute approximate surface area is 270 Å². The molecule has 0 N–H and O–H groups in total. The molecule has 0 bridgehead atoms. The van der Waals surface area contributed by atoms with Gasteiger partial charge >= 0.3 is 272 Å². The minimum absolute atomic E-state index is 0.214. The molecule has 0 aliphatic heterocycles. The van der Waals surface area contributed by atoms with Gasteiger partial charge in [0.05, 0.1) is 0 Å². The quantitative estimate of drug-likeness (QED) is 0.174. The molecule has 0 nitrogen and oxygen atoms in total. The predicted octanol–water partition coefficient (Wildman–Crippen LogP) is 9.93. The van der Waals surface area contributed by atoms with E-state index in [1.165, 1.54) is 50.1 Å². The zero-order chi connectivity index (χ0) is 30.0. The number of hydrogen-bond donors (Lipinski definition) is 0. The first-order valence-corrected chi connectivity index (χ1v) is 22.5. The predicted molar refractivity (Wildman–Crippen MR) is 186 cm³/mol. The fraction of sp³-hybridized carbons (Fsp3) is 0.0909. The third-order valence-electron chi connectivity index (χ3n) is 10.7. The van der Waals surface area contributed by atoms with E-state index in [1.807, 2.05) is 0 Å². The summed E-state index contributed by atoms with van der Waals surface area (Å²) in [6.07, 6.45) is 9.61. The van der Waals surface area contributed by atoms with Crippen LogP contribution in [0, 0.1) is 0 Å². The van der Waals surface area contributed by atoms with Gasteiger partial charge in [-0.15, -0.1) is 0 Å². The second-order valence-corrected chi connectivity index (χ2v) is 23.1. The maximum atomic E-state index is 2.69. The van der Waals surface area contributed by atoms with Crippen molar-refractivity contribution < 1.29 is 20.3 Å². The number of hydrogen-bond acceptors (Lipinski definition) is 0. The summed E-state index contributed by atoms with van der Waals surface area (Å²) in [5.74, 6) is 0.452. The molecule has 0 amide bonds. The summed E-state index contributed by atoms with van der Waals surface area (Å²) in [6, 6.07) is 55.3. The molecule has 0 spiro atoms. The van der Waals surface area contributed by atoms with Gasteiger partial charge < -0.3 is 0 Å². The molecule has 0 heterocycles. The molecule has 214 valence electrons. The average molecular weight is 654 g/mol. The van der Waals surface area contributed by atoms with Gasteiger partial charge in [-0.05, 0) is 0 Å². The van der Waals surface area contributed by atoms with Gasteiger partial charge in [-0.3, -0.25) is 0 Å². The first-order chi connectivity index (χ1) is 22.2. The summed E-state index contributed by atoms with van der Waals surface area (Å²) in [7, 11) is 0. The van der Waals surface area contributed by atoms with Crippen LogP contribution in [0.4, 0.5) is 0 Å². The molecular weight excluding hydrogens is 620 g/mol. The van der Waals surface area contributed by atoms with Crippen LogP contribution in [0.5, 0.6) is 0 Å². The third-order valence-corrected chi connectivity index (χ3v) is 22.6. The van der Waals surface area contributed by atoms with Crippen molar-refractivity contribution in [2.24, 2.45) is 0 Å². The summed E-state index contributed by atoms with van der Waals surface area (Å²) >= 11 is -3.51. The Balaban J connectivity index is 1.39. The van der Waals surface area contributed by atoms with Crippen LogP contribution in [0.3, 0.4) is 0 Å². The monoisotopic (exact) mass is 652 g/mol. The van der Waals surface area contributed by atoms with Crippen LogP contribution in [0.1, 0.15) is 60.0 Å². The Morgan fingerprint density at radius 2 is 0.911 bits per heavy atom. The van der Waals surface area contributed by atoms with Crippen LogP contribution in [0.25, 0.3) is 23.3 Å². The first kappa shape index (κ1) is 27.0. The van der Waals surface area contributed by atoms with Crippen molar-refractivity contribution in [1.82, 2.24) is 0 Å². The van der Waals surface area contributed by atoms with E-state index in [0.29, 0.717) is 3.63 Å². The van der Waals surface area contributed by atoms with Crippen molar-refractivity contribution in [2.45, 2.75) is 20.1 Å². The SMILES string of the molecule is [CH3][Zr]([c]1ccccc1)([c]1ccccc1)[CH]1c2ccccc2-c2ccc(C3C=Cc4ccccc43)c(C3C=Cc4ccccc43)c21. The van der Waals surface area contributed by atoms with Crippen molar-refractivity contribution in [3.63, 3.8) is 0 Å². The molecule has 0 saturated carbocycles. The van der Waals surface area contributed by atoms with Gasteiger partial charge in [0.1, 0.15) is 0 Å². The molecule has 0 radical (unpaired) electrons. The summed E-state index contributed by atoms with van der Waals surface area (Å²) in [5.41, 5.74) is 14.4. The molecule has 45 heavy (non-hydrogen) atoms. The van der Waals surface area contributed by atoms with Crippen LogP contribution in [-0.4, -0.2) is 0 Å². The van der Waals surface area contributed by atoms with Crippen molar-refractivity contribution in [3.8, 4) is 11.1 Å². The average Bonchev–Trinajstić information content (AvgIpc) is 3.82. The Morgan fingerprint density at radius 3 is 1.56 bits per heavy atom. The number of benzene rings is 6. The number of allylic oxidation sites excluding steroid dienone is 2. The zero-order valence-electron chi connectivity index (χ0n) is 25.4. The molecule has 0 saturated heterocycles. The molecule has 0 fully saturated rings. The fourth-order valence-electron chi connectivity index (χ4n) is 8.66. The van der Waals surface area contributed by atoms with E-state index in [9.17, 15) is 0 Å². The van der Waals surface area contributed by atoms with Gasteiger partial charge in [-0.1, -0.05) is 0 Å². The number of fused-ring (bicyclic) bond motifs is 5. The molecule has 9 rings (SSSR count). The summed E-state index contributed by atoms with van der Waals surface area (Å²) in [5, 5.41) is 0. The second kappa shape index (κ2) is 10.6. The van der Waals surface area contributed by atoms with Crippen LogP contribution in [0.2, 0.25) is 4.63 Å². The molecule has 1 heteroatoms. The molecule has 3 unspecified atom stereocenters. The van der Waals surface area contributed by atoms with E-state index in [-0.39, 0.29) is 11.8 Å². The van der Waals surface area contributed by atoms with Gasteiger partial charge in [0.15, 0.2) is 0 Å². The van der Waals surface area contributed by atoms with Crippen LogP contribution in [-0.2, 0) is 20.3 Å². The first-order valence-electron chi connectivity index (χ1n) is 16.1. The summed E-state index contributed by atoms with van der Waals surface area (Å²) in [6.45, 7) is 0. The molecule has 6 aromatic carbocycles. The molecule has 3 atom stereocenters. The molecule has 6 aromatic rings. The van der Waals surface area contributed by atoms with Gasteiger partial charge in [0.2, 0.25) is 0 Å². The van der Waals surface area contributed by atoms with E-state index >= 15 is 0 Å². The van der Waals surface area contributed by atoms with Crippen LogP contribution < -0.4 is 6.54 Å². The van der Waals surface area contributed by atoms with Crippen molar-refractivity contribution in [2.75, 3.05) is 0 Å². The summed E-state index contributed by atoms with van der Waals surface area (Å²) in [4.78, 5) is 0. The Morgan fingerprint density at radius 1 is 0.400 bits per heavy atom. The minimum atomic E-state index is -3.51. The van der Waals surface area contributed by atoms with Gasteiger partial charge in [-0.2, -0.15) is 0 Å². The fourth-order valence-corrected chi connectivity index (χ4v) is 19.8. The topological polar surface area (TPSA) is 0 Å². The second-order valence-electron chi connectivity index (χ2n) is 12.9. The molecule has 3 aliphatic rings. The third kappa shape index (κ3) is 4.07. The van der Waals surface area contributed by atoms with E-state index in [2.05, 4.69) is 175 Å². The van der Waals surface area contributed by atoms with Crippen molar-refractivity contribution in [1.29, 1.82) is 0 Å².